The molecule has 1 aromatic rings. The Hall–Kier alpha value is -1.39. The van der Waals surface area contributed by atoms with Crippen LogP contribution in [0.3, 0.4) is 0 Å². The predicted molar refractivity (Wildman–Crippen MR) is 101 cm³/mol. The first kappa shape index (κ1) is 18.4. The molecule has 0 aliphatic carbocycles. The number of ketones is 1. The third kappa shape index (κ3) is 5.55. The highest BCUT2D eigenvalue weighted by Crippen LogP contribution is 2.17. The quantitative estimate of drug-likeness (QED) is 0.533. The number of rotatable bonds is 8. The Labute approximate surface area is 152 Å². The number of Topliss-reactive ketones (excluding diaryl/α,β-unsaturated/α-hetero) is 1. The van der Waals surface area contributed by atoms with E-state index in [0.717, 1.165) is 50.0 Å². The van der Waals surface area contributed by atoms with Gasteiger partial charge in [0.25, 0.3) is 0 Å². The molecule has 0 radical (unpaired) electrons. The van der Waals surface area contributed by atoms with Crippen molar-refractivity contribution in [2.45, 2.75) is 51.5 Å². The molecule has 0 spiro atoms. The Kier molecular flexibility index (Phi) is 6.88. The van der Waals surface area contributed by atoms with Crippen LogP contribution < -0.4 is 4.74 Å². The second-order valence-corrected chi connectivity index (χ2v) is 7.51. The van der Waals surface area contributed by atoms with Crippen LogP contribution in [-0.2, 0) is 0 Å². The standard InChI is InChI=1S/C21H32N2O2/c1-18-7-5-14-23(18)15-6-16-25-20-10-8-19(9-11-20)21(24)17-22-12-3-2-4-13-22/h8-11,18H,2-7,12-17H2,1H3/t18-/m1/s1. The van der Waals surface area contributed by atoms with E-state index in [2.05, 4.69) is 16.7 Å². The topological polar surface area (TPSA) is 32.8 Å². The van der Waals surface area contributed by atoms with Gasteiger partial charge in [-0.25, -0.2) is 0 Å². The highest BCUT2D eigenvalue weighted by molar-refractivity contribution is 5.97. The molecule has 138 valence electrons. The number of hydrogen-bond acceptors (Lipinski definition) is 4. The summed E-state index contributed by atoms with van der Waals surface area (Å²) in [4.78, 5) is 17.2. The van der Waals surface area contributed by atoms with Crippen LogP contribution in [0.2, 0.25) is 0 Å². The summed E-state index contributed by atoms with van der Waals surface area (Å²) in [6, 6.07) is 8.41. The maximum atomic E-state index is 12.4. The van der Waals surface area contributed by atoms with Gasteiger partial charge in [0.05, 0.1) is 13.2 Å². The Bertz CT molecular complexity index is 537. The average Bonchev–Trinajstić information content (AvgIpc) is 3.05. The summed E-state index contributed by atoms with van der Waals surface area (Å²) in [6.45, 7) is 8.07. The molecule has 25 heavy (non-hydrogen) atoms. The number of ether oxygens (including phenoxy) is 1. The van der Waals surface area contributed by atoms with E-state index in [0.29, 0.717) is 6.54 Å². The van der Waals surface area contributed by atoms with Crippen LogP contribution in [0, 0.1) is 0 Å². The van der Waals surface area contributed by atoms with Gasteiger partial charge in [0.2, 0.25) is 0 Å². The molecule has 3 rings (SSSR count). The molecule has 2 saturated heterocycles. The highest BCUT2D eigenvalue weighted by Gasteiger charge is 2.19. The SMILES string of the molecule is C[C@@H]1CCCN1CCCOc1ccc(C(=O)CN2CCCCC2)cc1. The molecule has 2 heterocycles. The van der Waals surface area contributed by atoms with Gasteiger partial charge in [0.15, 0.2) is 5.78 Å². The van der Waals surface area contributed by atoms with Gasteiger partial charge in [0.1, 0.15) is 5.75 Å². The van der Waals surface area contributed by atoms with E-state index in [-0.39, 0.29) is 5.78 Å². The molecule has 0 saturated carbocycles. The first-order valence-corrected chi connectivity index (χ1v) is 9.95. The molecule has 1 aromatic carbocycles. The zero-order chi connectivity index (χ0) is 17.5. The van der Waals surface area contributed by atoms with Gasteiger partial charge in [-0.3, -0.25) is 9.69 Å². The maximum absolute atomic E-state index is 12.4. The number of carbonyl (C=O) groups excluding carboxylic acids is 1. The average molecular weight is 344 g/mol. The van der Waals surface area contributed by atoms with Crippen LogP contribution in [0.5, 0.6) is 5.75 Å². The molecule has 0 N–H and O–H groups in total. The molecular weight excluding hydrogens is 312 g/mol. The third-order valence-corrected chi connectivity index (χ3v) is 5.54. The normalized spacial score (nSPS) is 22.2. The maximum Gasteiger partial charge on any atom is 0.176 e. The summed E-state index contributed by atoms with van der Waals surface area (Å²) in [7, 11) is 0. The lowest BCUT2D eigenvalue weighted by Crippen LogP contribution is -2.34. The first-order valence-electron chi connectivity index (χ1n) is 9.95. The largest absolute Gasteiger partial charge is 0.494 e. The second kappa shape index (κ2) is 9.35. The summed E-state index contributed by atoms with van der Waals surface area (Å²) >= 11 is 0. The van der Waals surface area contributed by atoms with E-state index in [9.17, 15) is 4.79 Å². The van der Waals surface area contributed by atoms with E-state index in [4.69, 9.17) is 4.74 Å². The van der Waals surface area contributed by atoms with E-state index in [1.165, 1.54) is 38.6 Å². The van der Waals surface area contributed by atoms with Crippen LogP contribution in [0.1, 0.15) is 55.8 Å². The molecule has 2 aliphatic rings. The van der Waals surface area contributed by atoms with E-state index in [1.54, 1.807) is 0 Å². The zero-order valence-electron chi connectivity index (χ0n) is 15.6. The van der Waals surface area contributed by atoms with E-state index in [1.807, 2.05) is 24.3 Å². The Balaban J connectivity index is 1.38. The van der Waals surface area contributed by atoms with Crippen molar-refractivity contribution >= 4 is 5.78 Å². The molecule has 0 aromatic heterocycles. The lowest BCUT2D eigenvalue weighted by atomic mass is 10.1. The van der Waals surface area contributed by atoms with Gasteiger partial charge in [-0.15, -0.1) is 0 Å². The van der Waals surface area contributed by atoms with Gasteiger partial charge >= 0.3 is 0 Å². The Morgan fingerprint density at radius 3 is 2.52 bits per heavy atom. The molecule has 1 atom stereocenters. The minimum atomic E-state index is 0.219. The van der Waals surface area contributed by atoms with Crippen molar-refractivity contribution in [3.8, 4) is 5.75 Å². The summed E-state index contributed by atoms with van der Waals surface area (Å²) in [5.74, 6) is 1.08. The molecule has 4 nitrogen and oxygen atoms in total. The molecule has 0 amide bonds. The second-order valence-electron chi connectivity index (χ2n) is 7.51. The van der Waals surface area contributed by atoms with Crippen molar-refractivity contribution in [1.29, 1.82) is 0 Å². The molecule has 2 fully saturated rings. The Morgan fingerprint density at radius 2 is 1.84 bits per heavy atom. The zero-order valence-corrected chi connectivity index (χ0v) is 15.6. The minimum Gasteiger partial charge on any atom is -0.494 e. The number of hydrogen-bond donors (Lipinski definition) is 0. The van der Waals surface area contributed by atoms with Crippen LogP contribution in [0.25, 0.3) is 0 Å². The third-order valence-electron chi connectivity index (χ3n) is 5.54. The van der Waals surface area contributed by atoms with Crippen LogP contribution >= 0.6 is 0 Å². The van der Waals surface area contributed by atoms with Crippen molar-refractivity contribution < 1.29 is 9.53 Å². The van der Waals surface area contributed by atoms with Crippen molar-refractivity contribution in [2.75, 3.05) is 39.3 Å². The van der Waals surface area contributed by atoms with Crippen molar-refractivity contribution in [3.63, 3.8) is 0 Å². The van der Waals surface area contributed by atoms with Gasteiger partial charge in [0, 0.05) is 18.2 Å². The summed E-state index contributed by atoms with van der Waals surface area (Å²) in [5.41, 5.74) is 0.795. The molecular formula is C21H32N2O2. The van der Waals surface area contributed by atoms with Crippen molar-refractivity contribution in [3.05, 3.63) is 29.8 Å². The van der Waals surface area contributed by atoms with E-state index >= 15 is 0 Å². The van der Waals surface area contributed by atoms with Crippen molar-refractivity contribution in [1.82, 2.24) is 9.80 Å². The number of likely N-dealkylation sites (tertiary alicyclic amines) is 2. The molecule has 0 unspecified atom stereocenters. The number of benzene rings is 1. The van der Waals surface area contributed by atoms with E-state index < -0.39 is 0 Å². The smallest absolute Gasteiger partial charge is 0.176 e. The first-order chi connectivity index (χ1) is 12.2. The summed E-state index contributed by atoms with van der Waals surface area (Å²) < 4.78 is 5.84. The molecule has 4 heteroatoms. The summed E-state index contributed by atoms with van der Waals surface area (Å²) in [6.07, 6.45) is 7.45. The van der Waals surface area contributed by atoms with Gasteiger partial charge in [-0.1, -0.05) is 6.42 Å². The van der Waals surface area contributed by atoms with Crippen molar-refractivity contribution in [2.24, 2.45) is 0 Å². The lowest BCUT2D eigenvalue weighted by molar-refractivity contribution is 0.0915. The molecule has 2 aliphatic heterocycles. The fraction of sp³-hybridized carbons (Fsp3) is 0.667. The number of carbonyl (C=O) groups is 1. The van der Waals surface area contributed by atoms with Gasteiger partial charge < -0.3 is 9.64 Å². The van der Waals surface area contributed by atoms with Crippen LogP contribution in [-0.4, -0.2) is 61.0 Å². The monoisotopic (exact) mass is 344 g/mol. The fourth-order valence-electron chi connectivity index (χ4n) is 3.93. The summed E-state index contributed by atoms with van der Waals surface area (Å²) in [5, 5.41) is 0. The van der Waals surface area contributed by atoms with Crippen LogP contribution in [0.15, 0.2) is 24.3 Å². The lowest BCUT2D eigenvalue weighted by Gasteiger charge is -2.25. The molecule has 0 bridgehead atoms. The number of nitrogens with zero attached hydrogens (tertiary/aromatic N) is 2. The fourth-order valence-corrected chi connectivity index (χ4v) is 3.93. The Morgan fingerprint density at radius 1 is 1.08 bits per heavy atom. The highest BCUT2D eigenvalue weighted by atomic mass is 16.5. The number of piperidine rings is 1. The van der Waals surface area contributed by atoms with Gasteiger partial charge in [-0.05, 0) is 82.9 Å². The van der Waals surface area contributed by atoms with Gasteiger partial charge in [-0.2, -0.15) is 0 Å². The minimum absolute atomic E-state index is 0.219. The van der Waals surface area contributed by atoms with Crippen LogP contribution in [0.4, 0.5) is 0 Å². The predicted octanol–water partition coefficient (Wildman–Crippen LogP) is 3.61.